The zero-order chi connectivity index (χ0) is 19.9. The molecule has 1 aromatic rings. The van der Waals surface area contributed by atoms with E-state index in [0.29, 0.717) is 19.1 Å². The van der Waals surface area contributed by atoms with Crippen molar-refractivity contribution in [2.45, 2.75) is 58.4 Å². The fraction of sp³-hybridized carbons (Fsp3) is 0.667. The fourth-order valence-corrected chi connectivity index (χ4v) is 3.24. The smallest absolute Gasteiger partial charge is 0.341 e. The van der Waals surface area contributed by atoms with E-state index in [9.17, 15) is 4.79 Å². The minimum absolute atomic E-state index is 0.265. The highest BCUT2D eigenvalue weighted by atomic mass is 16.6. The molecule has 1 aromatic carbocycles. The lowest BCUT2D eigenvalue weighted by molar-refractivity contribution is -0.174. The SMILES string of the molecule is CC(C)(C)OC(=O)[C@](C)(NCOCc1ccccc1)N1CCC(CN)CC1. The maximum absolute atomic E-state index is 13.0. The highest BCUT2D eigenvalue weighted by Crippen LogP contribution is 2.25. The molecule has 0 bridgehead atoms. The molecule has 1 saturated heterocycles. The summed E-state index contributed by atoms with van der Waals surface area (Å²) in [7, 11) is 0. The molecule has 0 aliphatic carbocycles. The molecule has 27 heavy (non-hydrogen) atoms. The molecule has 152 valence electrons. The van der Waals surface area contributed by atoms with Crippen LogP contribution in [0.1, 0.15) is 46.1 Å². The van der Waals surface area contributed by atoms with Crippen LogP contribution in [0.2, 0.25) is 0 Å². The Morgan fingerprint density at radius 2 is 1.81 bits per heavy atom. The molecule has 1 aliphatic heterocycles. The van der Waals surface area contributed by atoms with Gasteiger partial charge in [-0.3, -0.25) is 10.2 Å². The summed E-state index contributed by atoms with van der Waals surface area (Å²) in [5.41, 5.74) is 5.44. The lowest BCUT2D eigenvalue weighted by Crippen LogP contribution is -2.65. The largest absolute Gasteiger partial charge is 0.458 e. The maximum atomic E-state index is 13.0. The summed E-state index contributed by atoms with van der Waals surface area (Å²) in [6.07, 6.45) is 1.98. The van der Waals surface area contributed by atoms with Gasteiger partial charge < -0.3 is 15.2 Å². The van der Waals surface area contributed by atoms with Gasteiger partial charge in [0.1, 0.15) is 5.60 Å². The molecule has 3 N–H and O–H groups in total. The van der Waals surface area contributed by atoms with Gasteiger partial charge in [-0.25, -0.2) is 4.79 Å². The van der Waals surface area contributed by atoms with E-state index in [1.165, 1.54) is 0 Å². The van der Waals surface area contributed by atoms with Crippen LogP contribution in [0.5, 0.6) is 0 Å². The Kier molecular flexibility index (Phi) is 7.79. The van der Waals surface area contributed by atoms with Gasteiger partial charge in [-0.05, 0) is 58.6 Å². The van der Waals surface area contributed by atoms with Crippen LogP contribution < -0.4 is 11.1 Å². The van der Waals surface area contributed by atoms with E-state index in [4.69, 9.17) is 15.2 Å². The lowest BCUT2D eigenvalue weighted by atomic mass is 9.94. The number of hydrogen-bond donors (Lipinski definition) is 2. The summed E-state index contributed by atoms with van der Waals surface area (Å²) in [6.45, 7) is 10.6. The van der Waals surface area contributed by atoms with E-state index in [1.54, 1.807) is 0 Å². The Balaban J connectivity index is 1.99. The third-order valence-electron chi connectivity index (χ3n) is 5.01. The van der Waals surface area contributed by atoms with Crippen molar-refractivity contribution in [1.29, 1.82) is 0 Å². The molecule has 0 radical (unpaired) electrons. The lowest BCUT2D eigenvalue weighted by Gasteiger charge is -2.44. The zero-order valence-electron chi connectivity index (χ0n) is 17.2. The molecule has 1 heterocycles. The van der Waals surface area contributed by atoms with Gasteiger partial charge in [-0.2, -0.15) is 0 Å². The number of esters is 1. The molecule has 6 heteroatoms. The number of nitrogens with two attached hydrogens (primary N) is 1. The van der Waals surface area contributed by atoms with Gasteiger partial charge in [0, 0.05) is 13.1 Å². The van der Waals surface area contributed by atoms with Gasteiger partial charge in [0.25, 0.3) is 0 Å². The quantitative estimate of drug-likeness (QED) is 0.412. The first-order valence-corrected chi connectivity index (χ1v) is 9.80. The number of carbonyl (C=O) groups excluding carboxylic acids is 1. The van der Waals surface area contributed by atoms with E-state index in [2.05, 4.69) is 10.2 Å². The summed E-state index contributed by atoms with van der Waals surface area (Å²) in [5.74, 6) is 0.253. The van der Waals surface area contributed by atoms with Crippen LogP contribution in [0.3, 0.4) is 0 Å². The Labute approximate surface area is 163 Å². The van der Waals surface area contributed by atoms with Crippen LogP contribution in [0, 0.1) is 5.92 Å². The molecule has 2 rings (SSSR count). The number of hydrogen-bond acceptors (Lipinski definition) is 6. The van der Waals surface area contributed by atoms with E-state index >= 15 is 0 Å². The van der Waals surface area contributed by atoms with E-state index < -0.39 is 11.3 Å². The van der Waals surface area contributed by atoms with Crippen molar-refractivity contribution in [3.05, 3.63) is 35.9 Å². The second-order valence-corrected chi connectivity index (χ2v) is 8.40. The molecule has 0 unspecified atom stereocenters. The van der Waals surface area contributed by atoms with E-state index in [-0.39, 0.29) is 12.7 Å². The summed E-state index contributed by atoms with van der Waals surface area (Å²) in [4.78, 5) is 15.1. The predicted octanol–water partition coefficient (Wildman–Crippen LogP) is 2.48. The average molecular weight is 378 g/mol. The monoisotopic (exact) mass is 377 g/mol. The fourth-order valence-electron chi connectivity index (χ4n) is 3.24. The maximum Gasteiger partial charge on any atom is 0.341 e. The number of carbonyl (C=O) groups is 1. The van der Waals surface area contributed by atoms with Crippen LogP contribution in [-0.4, -0.2) is 48.5 Å². The Bertz CT molecular complexity index is 580. The van der Waals surface area contributed by atoms with E-state index in [1.807, 2.05) is 58.0 Å². The van der Waals surface area contributed by atoms with Crippen LogP contribution in [-0.2, 0) is 20.9 Å². The van der Waals surface area contributed by atoms with Crippen molar-refractivity contribution in [1.82, 2.24) is 10.2 Å². The minimum atomic E-state index is -0.927. The van der Waals surface area contributed by atoms with Crippen molar-refractivity contribution < 1.29 is 14.3 Å². The second kappa shape index (κ2) is 9.64. The Hall–Kier alpha value is -1.47. The first kappa shape index (κ1) is 21.8. The molecule has 0 saturated carbocycles. The van der Waals surface area contributed by atoms with Gasteiger partial charge in [-0.1, -0.05) is 30.3 Å². The normalized spacial score (nSPS) is 18.9. The third kappa shape index (κ3) is 6.57. The first-order valence-electron chi connectivity index (χ1n) is 9.80. The molecule has 1 aliphatic rings. The Morgan fingerprint density at radius 3 is 2.37 bits per heavy atom. The molecule has 0 aromatic heterocycles. The number of rotatable bonds is 8. The van der Waals surface area contributed by atoms with Gasteiger partial charge in [0.2, 0.25) is 0 Å². The third-order valence-corrected chi connectivity index (χ3v) is 5.01. The van der Waals surface area contributed by atoms with E-state index in [0.717, 1.165) is 31.5 Å². The van der Waals surface area contributed by atoms with Crippen molar-refractivity contribution in [2.75, 3.05) is 26.4 Å². The van der Waals surface area contributed by atoms with Gasteiger partial charge in [0.05, 0.1) is 13.3 Å². The molecule has 0 amide bonds. The summed E-state index contributed by atoms with van der Waals surface area (Å²) < 4.78 is 11.5. The average Bonchev–Trinajstić information content (AvgIpc) is 2.64. The van der Waals surface area contributed by atoms with Crippen molar-refractivity contribution in [2.24, 2.45) is 11.7 Å². The predicted molar refractivity (Wildman–Crippen MR) is 107 cm³/mol. The number of nitrogens with one attached hydrogen (secondary N) is 1. The van der Waals surface area contributed by atoms with Crippen molar-refractivity contribution in [3.8, 4) is 0 Å². The summed E-state index contributed by atoms with van der Waals surface area (Å²) >= 11 is 0. The summed E-state index contributed by atoms with van der Waals surface area (Å²) in [5, 5.41) is 3.29. The van der Waals surface area contributed by atoms with Crippen molar-refractivity contribution in [3.63, 3.8) is 0 Å². The van der Waals surface area contributed by atoms with Gasteiger partial charge in [-0.15, -0.1) is 0 Å². The van der Waals surface area contributed by atoms with Crippen LogP contribution in [0.25, 0.3) is 0 Å². The van der Waals surface area contributed by atoms with Crippen LogP contribution in [0.15, 0.2) is 30.3 Å². The number of nitrogens with zero attached hydrogens (tertiary/aromatic N) is 1. The highest BCUT2D eigenvalue weighted by Gasteiger charge is 2.43. The minimum Gasteiger partial charge on any atom is -0.458 e. The molecule has 1 atom stereocenters. The molecule has 0 spiro atoms. The van der Waals surface area contributed by atoms with Crippen LogP contribution >= 0.6 is 0 Å². The number of piperidine rings is 1. The highest BCUT2D eigenvalue weighted by molar-refractivity contribution is 5.80. The molecular weight excluding hydrogens is 342 g/mol. The van der Waals surface area contributed by atoms with Gasteiger partial charge >= 0.3 is 5.97 Å². The van der Waals surface area contributed by atoms with Gasteiger partial charge in [0.15, 0.2) is 5.66 Å². The number of likely N-dealkylation sites (tertiary alicyclic amines) is 1. The second-order valence-electron chi connectivity index (χ2n) is 8.40. The zero-order valence-corrected chi connectivity index (χ0v) is 17.2. The molecule has 6 nitrogen and oxygen atoms in total. The summed E-state index contributed by atoms with van der Waals surface area (Å²) in [6, 6.07) is 9.98. The van der Waals surface area contributed by atoms with Crippen molar-refractivity contribution >= 4 is 5.97 Å². The Morgan fingerprint density at radius 1 is 1.19 bits per heavy atom. The first-order chi connectivity index (χ1) is 12.7. The molecular formula is C21H35N3O3. The molecule has 1 fully saturated rings. The number of ether oxygens (including phenoxy) is 2. The van der Waals surface area contributed by atoms with Crippen LogP contribution in [0.4, 0.5) is 0 Å². The number of benzene rings is 1. The standard InChI is InChI=1S/C21H35N3O3/c1-20(2,3)27-19(25)21(4,24-12-10-17(14-22)11-13-24)23-16-26-15-18-8-6-5-7-9-18/h5-9,17,23H,10-16,22H2,1-4H3/t21-/m1/s1. The topological polar surface area (TPSA) is 76.8 Å².